The van der Waals surface area contributed by atoms with Gasteiger partial charge in [-0.2, -0.15) is 0 Å². The first-order chi connectivity index (χ1) is 12.8. The molecule has 3 rings (SSSR count). The fourth-order valence-electron chi connectivity index (χ4n) is 3.65. The molecule has 0 spiro atoms. The molecule has 1 aliphatic rings. The molecule has 6 heteroatoms. The number of carbonyl (C=O) groups excluding carboxylic acids is 2. The number of carbonyl (C=O) groups is 2. The Morgan fingerprint density at radius 2 is 1.19 bits per heavy atom. The molecular weight excluding hydrogens is 350 g/mol. The minimum absolute atomic E-state index is 0.222. The molecule has 0 saturated heterocycles. The summed E-state index contributed by atoms with van der Waals surface area (Å²) >= 11 is 0. The molecule has 4 nitrogen and oxygen atoms in total. The van der Waals surface area contributed by atoms with E-state index < -0.39 is 23.2 Å². The zero-order chi connectivity index (χ0) is 19.6. The summed E-state index contributed by atoms with van der Waals surface area (Å²) in [6.45, 7) is 0. The van der Waals surface area contributed by atoms with Crippen LogP contribution in [0.25, 0.3) is 0 Å². The minimum Gasteiger partial charge on any atom is -0.313 e. The lowest BCUT2D eigenvalue weighted by Gasteiger charge is -2.36. The Kier molecular flexibility index (Phi) is 5.48. The van der Waals surface area contributed by atoms with E-state index in [9.17, 15) is 18.4 Å². The smallest absolute Gasteiger partial charge is 0.173 e. The Balaban J connectivity index is 1.93. The minimum atomic E-state index is -0.933. The highest BCUT2D eigenvalue weighted by Gasteiger charge is 2.39. The van der Waals surface area contributed by atoms with E-state index in [1.807, 2.05) is 0 Å². The van der Waals surface area contributed by atoms with Crippen molar-refractivity contribution in [2.24, 2.45) is 23.3 Å². The average Bonchev–Trinajstić information content (AvgIpc) is 2.64. The number of nitrogens with two attached hydrogens (primary N) is 2. The van der Waals surface area contributed by atoms with Gasteiger partial charge >= 0.3 is 0 Å². The standard InChI is InChI=1S/C21H22F2N2O2/c22-16-5-1-14(2-6-16)19(26)18(13-9-11-21(24,25)12-10-13)20(27)15-3-7-17(23)8-4-15/h1-8,13,18H,9-12,24-25H2. The molecule has 0 radical (unpaired) electrons. The average molecular weight is 372 g/mol. The quantitative estimate of drug-likeness (QED) is 0.478. The summed E-state index contributed by atoms with van der Waals surface area (Å²) < 4.78 is 26.4. The Bertz CT molecular complexity index is 765. The highest BCUT2D eigenvalue weighted by molar-refractivity contribution is 6.16. The van der Waals surface area contributed by atoms with Gasteiger partial charge in [-0.1, -0.05) is 0 Å². The molecule has 1 saturated carbocycles. The van der Waals surface area contributed by atoms with Crippen LogP contribution < -0.4 is 11.5 Å². The van der Waals surface area contributed by atoms with E-state index in [-0.39, 0.29) is 28.6 Å². The number of hydrogen-bond donors (Lipinski definition) is 2. The maximum Gasteiger partial charge on any atom is 0.173 e. The van der Waals surface area contributed by atoms with Crippen molar-refractivity contribution in [3.63, 3.8) is 0 Å². The second-order valence-electron chi connectivity index (χ2n) is 7.29. The van der Waals surface area contributed by atoms with Gasteiger partial charge in [-0.3, -0.25) is 9.59 Å². The molecule has 2 aromatic carbocycles. The van der Waals surface area contributed by atoms with E-state index in [0.29, 0.717) is 25.7 Å². The summed E-state index contributed by atoms with van der Waals surface area (Å²) in [6.07, 6.45) is 2.08. The third kappa shape index (κ3) is 4.46. The lowest BCUT2D eigenvalue weighted by atomic mass is 9.71. The van der Waals surface area contributed by atoms with Gasteiger partial charge in [0.2, 0.25) is 0 Å². The van der Waals surface area contributed by atoms with E-state index in [1.165, 1.54) is 48.5 Å². The number of Topliss-reactive ketones (excluding diaryl/α,β-unsaturated/α-hetero) is 2. The van der Waals surface area contributed by atoms with Gasteiger partial charge in [0.05, 0.1) is 11.6 Å². The van der Waals surface area contributed by atoms with E-state index in [1.54, 1.807) is 0 Å². The largest absolute Gasteiger partial charge is 0.313 e. The van der Waals surface area contributed by atoms with Crippen molar-refractivity contribution in [1.29, 1.82) is 0 Å². The van der Waals surface area contributed by atoms with Gasteiger partial charge in [-0.15, -0.1) is 0 Å². The van der Waals surface area contributed by atoms with Crippen LogP contribution in [0.5, 0.6) is 0 Å². The second-order valence-corrected chi connectivity index (χ2v) is 7.29. The lowest BCUT2D eigenvalue weighted by Crippen LogP contribution is -2.52. The van der Waals surface area contributed by atoms with Crippen molar-refractivity contribution >= 4 is 11.6 Å². The number of halogens is 2. The summed E-state index contributed by atoms with van der Waals surface area (Å²) in [5.41, 5.74) is 11.7. The van der Waals surface area contributed by atoms with Crippen LogP contribution in [-0.2, 0) is 0 Å². The SMILES string of the molecule is NC1(N)CCC(C(C(=O)c2ccc(F)cc2)C(=O)c2ccc(F)cc2)CC1. The van der Waals surface area contributed by atoms with Crippen LogP contribution in [0.4, 0.5) is 8.78 Å². The molecule has 0 aliphatic heterocycles. The highest BCUT2D eigenvalue weighted by atomic mass is 19.1. The molecule has 0 unspecified atom stereocenters. The van der Waals surface area contributed by atoms with E-state index >= 15 is 0 Å². The lowest BCUT2D eigenvalue weighted by molar-refractivity contribution is 0.0698. The third-order valence-corrected chi connectivity index (χ3v) is 5.25. The number of rotatable bonds is 5. The van der Waals surface area contributed by atoms with Crippen LogP contribution in [0, 0.1) is 23.5 Å². The number of hydrogen-bond acceptors (Lipinski definition) is 4. The Hall–Kier alpha value is -2.44. The Morgan fingerprint density at radius 3 is 1.56 bits per heavy atom. The first-order valence-electron chi connectivity index (χ1n) is 8.94. The molecule has 0 amide bonds. The van der Waals surface area contributed by atoms with Gasteiger partial charge in [0, 0.05) is 11.1 Å². The molecule has 0 bridgehead atoms. The van der Waals surface area contributed by atoms with Gasteiger partial charge in [0.1, 0.15) is 11.6 Å². The molecule has 142 valence electrons. The van der Waals surface area contributed by atoms with E-state index in [4.69, 9.17) is 11.5 Å². The summed E-state index contributed by atoms with van der Waals surface area (Å²) in [5.74, 6) is -2.80. The van der Waals surface area contributed by atoms with Crippen molar-refractivity contribution in [2.45, 2.75) is 31.3 Å². The van der Waals surface area contributed by atoms with Gasteiger partial charge in [-0.25, -0.2) is 8.78 Å². The van der Waals surface area contributed by atoms with Crippen LogP contribution in [0.2, 0.25) is 0 Å². The Labute approximate surface area is 156 Å². The van der Waals surface area contributed by atoms with Crippen molar-refractivity contribution < 1.29 is 18.4 Å². The first kappa shape index (κ1) is 19.3. The van der Waals surface area contributed by atoms with Crippen LogP contribution in [0.3, 0.4) is 0 Å². The summed E-state index contributed by atoms with van der Waals surface area (Å²) in [4.78, 5) is 26.2. The van der Waals surface area contributed by atoms with Gasteiger partial charge < -0.3 is 11.5 Å². The van der Waals surface area contributed by atoms with Crippen molar-refractivity contribution in [3.8, 4) is 0 Å². The van der Waals surface area contributed by atoms with E-state index in [2.05, 4.69) is 0 Å². The molecule has 2 aromatic rings. The normalized spacial score (nSPS) is 17.1. The topological polar surface area (TPSA) is 86.2 Å². The zero-order valence-electron chi connectivity index (χ0n) is 14.8. The maximum atomic E-state index is 13.2. The molecule has 4 N–H and O–H groups in total. The van der Waals surface area contributed by atoms with Crippen LogP contribution in [-0.4, -0.2) is 17.2 Å². The van der Waals surface area contributed by atoms with Crippen molar-refractivity contribution in [3.05, 3.63) is 71.3 Å². The molecule has 27 heavy (non-hydrogen) atoms. The number of ketones is 2. The van der Waals surface area contributed by atoms with Crippen molar-refractivity contribution in [1.82, 2.24) is 0 Å². The zero-order valence-corrected chi connectivity index (χ0v) is 14.8. The van der Waals surface area contributed by atoms with Crippen LogP contribution in [0.1, 0.15) is 46.4 Å². The summed E-state index contributed by atoms with van der Waals surface area (Å²) in [6, 6.07) is 10.3. The molecule has 1 aliphatic carbocycles. The van der Waals surface area contributed by atoms with Gasteiger partial charge in [-0.05, 0) is 80.1 Å². The second kappa shape index (κ2) is 7.66. The molecular formula is C21H22F2N2O2. The predicted octanol–water partition coefficient (Wildman–Crippen LogP) is 3.45. The summed E-state index contributed by atoms with van der Waals surface area (Å²) in [5, 5.41) is 0. The van der Waals surface area contributed by atoms with Gasteiger partial charge in [0.25, 0.3) is 0 Å². The van der Waals surface area contributed by atoms with Crippen LogP contribution >= 0.6 is 0 Å². The molecule has 0 atom stereocenters. The monoisotopic (exact) mass is 372 g/mol. The van der Waals surface area contributed by atoms with Gasteiger partial charge in [0.15, 0.2) is 11.6 Å². The van der Waals surface area contributed by atoms with Crippen molar-refractivity contribution in [2.75, 3.05) is 0 Å². The number of benzene rings is 2. The molecule has 0 aromatic heterocycles. The van der Waals surface area contributed by atoms with E-state index in [0.717, 1.165) is 0 Å². The molecule has 1 fully saturated rings. The predicted molar refractivity (Wildman–Crippen MR) is 98.0 cm³/mol. The fraction of sp³-hybridized carbons (Fsp3) is 0.333. The third-order valence-electron chi connectivity index (χ3n) is 5.25. The first-order valence-corrected chi connectivity index (χ1v) is 8.94. The Morgan fingerprint density at radius 1 is 0.815 bits per heavy atom. The van der Waals surface area contributed by atoms with Crippen LogP contribution in [0.15, 0.2) is 48.5 Å². The molecule has 0 heterocycles. The fourth-order valence-corrected chi connectivity index (χ4v) is 3.65. The highest BCUT2D eigenvalue weighted by Crippen LogP contribution is 2.36. The maximum absolute atomic E-state index is 13.2. The summed E-state index contributed by atoms with van der Waals surface area (Å²) in [7, 11) is 0.